The molecular formula is C23H21FN2O5. The van der Waals surface area contributed by atoms with E-state index in [4.69, 9.17) is 4.74 Å². The van der Waals surface area contributed by atoms with E-state index < -0.39 is 34.7 Å². The van der Waals surface area contributed by atoms with E-state index in [-0.39, 0.29) is 17.7 Å². The van der Waals surface area contributed by atoms with E-state index in [1.165, 1.54) is 29.0 Å². The predicted molar refractivity (Wildman–Crippen MR) is 111 cm³/mol. The molecule has 1 spiro atoms. The lowest BCUT2D eigenvalue weighted by Crippen LogP contribution is -2.51. The number of hydrogen-bond donors (Lipinski definition) is 1. The number of ketones is 1. The number of halogens is 1. The summed E-state index contributed by atoms with van der Waals surface area (Å²) in [6.45, 7) is 0.398. The Kier molecular flexibility index (Phi) is 5.10. The second-order valence-electron chi connectivity index (χ2n) is 7.45. The van der Waals surface area contributed by atoms with Gasteiger partial charge in [0.2, 0.25) is 0 Å². The van der Waals surface area contributed by atoms with E-state index in [0.717, 1.165) is 12.1 Å². The Labute approximate surface area is 178 Å². The molecule has 2 aliphatic rings. The SMILES string of the molecule is COCCCN1C(=O)C(=O)/C(=C(/O)c2ccc(F)cc2)C12C(=O)N(C)c1ccccc12. The van der Waals surface area contributed by atoms with Gasteiger partial charge in [-0.2, -0.15) is 0 Å². The number of methoxy groups -OCH3 is 1. The molecule has 7 nitrogen and oxygen atoms in total. The number of carbonyl (C=O) groups is 3. The molecule has 1 unspecified atom stereocenters. The molecule has 2 heterocycles. The molecule has 160 valence electrons. The molecular weight excluding hydrogens is 403 g/mol. The molecule has 1 N–H and O–H groups in total. The van der Waals surface area contributed by atoms with Crippen LogP contribution < -0.4 is 4.90 Å². The fourth-order valence-electron chi connectivity index (χ4n) is 4.39. The van der Waals surface area contributed by atoms with Gasteiger partial charge in [0, 0.05) is 44.1 Å². The van der Waals surface area contributed by atoms with Crippen LogP contribution in [0.5, 0.6) is 0 Å². The standard InChI is InChI=1S/C23H21FN2O5/c1-25-17-7-4-3-6-16(17)23(22(25)30)18(19(27)14-8-10-15(24)11-9-14)20(28)21(29)26(23)12-5-13-31-2/h3-4,6-11,27H,5,12-13H2,1-2H3/b19-18-. The minimum atomic E-state index is -1.80. The average molecular weight is 424 g/mol. The van der Waals surface area contributed by atoms with Gasteiger partial charge in [0.1, 0.15) is 11.6 Å². The summed E-state index contributed by atoms with van der Waals surface area (Å²) in [4.78, 5) is 42.5. The van der Waals surface area contributed by atoms with Crippen molar-refractivity contribution in [2.75, 3.05) is 32.2 Å². The van der Waals surface area contributed by atoms with Crippen LogP contribution in [0.3, 0.4) is 0 Å². The van der Waals surface area contributed by atoms with Crippen LogP contribution in [0.1, 0.15) is 17.5 Å². The molecule has 31 heavy (non-hydrogen) atoms. The van der Waals surface area contributed by atoms with Crippen molar-refractivity contribution >= 4 is 29.0 Å². The number of rotatable bonds is 5. The number of amides is 2. The van der Waals surface area contributed by atoms with Gasteiger partial charge in [0.15, 0.2) is 5.54 Å². The van der Waals surface area contributed by atoms with Gasteiger partial charge in [-0.1, -0.05) is 18.2 Å². The molecule has 4 rings (SSSR count). The van der Waals surface area contributed by atoms with Crippen LogP contribution in [0.4, 0.5) is 10.1 Å². The molecule has 0 saturated carbocycles. The first-order valence-corrected chi connectivity index (χ1v) is 9.78. The van der Waals surface area contributed by atoms with Crippen molar-refractivity contribution < 1.29 is 28.6 Å². The first-order chi connectivity index (χ1) is 14.9. The highest BCUT2D eigenvalue weighted by atomic mass is 19.1. The van der Waals surface area contributed by atoms with Gasteiger partial charge in [-0.05, 0) is 36.8 Å². The summed E-state index contributed by atoms with van der Waals surface area (Å²) in [5, 5.41) is 11.1. The zero-order valence-corrected chi connectivity index (χ0v) is 17.1. The van der Waals surface area contributed by atoms with E-state index in [0.29, 0.717) is 24.3 Å². The summed E-state index contributed by atoms with van der Waals surface area (Å²) in [5.74, 6) is -3.40. The molecule has 8 heteroatoms. The first-order valence-electron chi connectivity index (χ1n) is 9.78. The van der Waals surface area contributed by atoms with Crippen molar-refractivity contribution in [3.8, 4) is 0 Å². The number of carbonyl (C=O) groups excluding carboxylic acids is 3. The van der Waals surface area contributed by atoms with E-state index in [1.54, 1.807) is 31.3 Å². The monoisotopic (exact) mass is 424 g/mol. The Morgan fingerprint density at radius 2 is 1.77 bits per heavy atom. The molecule has 2 aromatic rings. The molecule has 1 fully saturated rings. The van der Waals surface area contributed by atoms with Gasteiger partial charge < -0.3 is 19.6 Å². The number of fused-ring (bicyclic) bond motifs is 2. The molecule has 0 bridgehead atoms. The smallest absolute Gasteiger partial charge is 0.296 e. The number of aliphatic hydroxyl groups excluding tert-OH is 1. The summed E-state index contributed by atoms with van der Waals surface area (Å²) in [6, 6.07) is 11.7. The highest BCUT2D eigenvalue weighted by molar-refractivity contribution is 6.50. The van der Waals surface area contributed by atoms with E-state index in [2.05, 4.69) is 0 Å². The van der Waals surface area contributed by atoms with Crippen molar-refractivity contribution in [1.82, 2.24) is 4.90 Å². The molecule has 1 atom stereocenters. The maximum Gasteiger partial charge on any atom is 0.296 e. The number of ether oxygens (including phenoxy) is 1. The summed E-state index contributed by atoms with van der Waals surface area (Å²) >= 11 is 0. The summed E-state index contributed by atoms with van der Waals surface area (Å²) in [6.07, 6.45) is 0.390. The molecule has 2 amide bonds. The lowest BCUT2D eigenvalue weighted by Gasteiger charge is -2.34. The van der Waals surface area contributed by atoms with Crippen molar-refractivity contribution in [2.24, 2.45) is 0 Å². The molecule has 0 aromatic heterocycles. The third-order valence-electron chi connectivity index (χ3n) is 5.79. The summed E-state index contributed by atoms with van der Waals surface area (Å²) in [7, 11) is 3.07. The predicted octanol–water partition coefficient (Wildman–Crippen LogP) is 2.41. The molecule has 1 saturated heterocycles. The number of aliphatic hydroxyl groups is 1. The van der Waals surface area contributed by atoms with Gasteiger partial charge in [-0.25, -0.2) is 4.39 Å². The summed E-state index contributed by atoms with van der Waals surface area (Å²) in [5.41, 5.74) is -1.01. The average Bonchev–Trinajstić information content (AvgIpc) is 3.13. The van der Waals surface area contributed by atoms with E-state index >= 15 is 0 Å². The largest absolute Gasteiger partial charge is 0.507 e. The first kappa shape index (κ1) is 20.7. The topological polar surface area (TPSA) is 87.1 Å². The van der Waals surface area contributed by atoms with Crippen LogP contribution in [-0.2, 0) is 24.7 Å². The Bertz CT molecular complexity index is 1110. The Hall–Kier alpha value is -3.52. The Balaban J connectivity index is 2.01. The van der Waals surface area contributed by atoms with Gasteiger partial charge in [-0.15, -0.1) is 0 Å². The van der Waals surface area contributed by atoms with E-state index in [1.807, 2.05) is 0 Å². The zero-order chi connectivity index (χ0) is 22.3. The van der Waals surface area contributed by atoms with Crippen molar-refractivity contribution in [3.63, 3.8) is 0 Å². The van der Waals surface area contributed by atoms with Crippen molar-refractivity contribution in [1.29, 1.82) is 0 Å². The number of benzene rings is 2. The van der Waals surface area contributed by atoms with Crippen LogP contribution in [-0.4, -0.2) is 54.9 Å². The van der Waals surface area contributed by atoms with Gasteiger partial charge in [0.25, 0.3) is 17.6 Å². The van der Waals surface area contributed by atoms with Crippen LogP contribution >= 0.6 is 0 Å². The Morgan fingerprint density at radius 1 is 1.10 bits per heavy atom. The lowest BCUT2D eigenvalue weighted by atomic mass is 9.82. The zero-order valence-electron chi connectivity index (χ0n) is 17.1. The van der Waals surface area contributed by atoms with Gasteiger partial charge >= 0.3 is 0 Å². The molecule has 2 aromatic carbocycles. The van der Waals surface area contributed by atoms with Crippen LogP contribution in [0.15, 0.2) is 54.1 Å². The molecule has 2 aliphatic heterocycles. The highest BCUT2D eigenvalue weighted by Crippen LogP contribution is 2.53. The normalized spacial score (nSPS) is 22.0. The minimum absolute atomic E-state index is 0.0759. The maximum absolute atomic E-state index is 13.7. The van der Waals surface area contributed by atoms with Crippen LogP contribution in [0, 0.1) is 5.82 Å². The van der Waals surface area contributed by atoms with Crippen molar-refractivity contribution in [3.05, 3.63) is 71.0 Å². The van der Waals surface area contributed by atoms with Crippen LogP contribution in [0.2, 0.25) is 0 Å². The fourth-order valence-corrected chi connectivity index (χ4v) is 4.39. The van der Waals surface area contributed by atoms with Crippen LogP contribution in [0.25, 0.3) is 5.76 Å². The van der Waals surface area contributed by atoms with Crippen molar-refractivity contribution in [2.45, 2.75) is 12.0 Å². The number of hydrogen-bond acceptors (Lipinski definition) is 5. The third-order valence-corrected chi connectivity index (χ3v) is 5.79. The second kappa shape index (κ2) is 7.63. The quantitative estimate of drug-likeness (QED) is 0.345. The van der Waals surface area contributed by atoms with E-state index in [9.17, 15) is 23.9 Å². The molecule has 0 radical (unpaired) electrons. The number of anilines is 1. The minimum Gasteiger partial charge on any atom is -0.507 e. The number of likely N-dealkylation sites (tertiary alicyclic amines) is 1. The lowest BCUT2D eigenvalue weighted by molar-refractivity contribution is -0.143. The second-order valence-corrected chi connectivity index (χ2v) is 7.45. The Morgan fingerprint density at radius 3 is 2.45 bits per heavy atom. The number of likely N-dealkylation sites (N-methyl/N-ethyl adjacent to an activating group) is 1. The summed E-state index contributed by atoms with van der Waals surface area (Å²) < 4.78 is 18.5. The molecule has 0 aliphatic carbocycles. The fraction of sp³-hybridized carbons (Fsp3) is 0.261. The van der Waals surface area contributed by atoms with Gasteiger partial charge in [0.05, 0.1) is 5.57 Å². The van der Waals surface area contributed by atoms with Gasteiger partial charge in [-0.3, -0.25) is 14.4 Å². The number of para-hydroxylation sites is 1. The number of Topliss-reactive ketones (excluding diaryl/α,β-unsaturated/α-hetero) is 1. The third kappa shape index (κ3) is 2.86. The number of nitrogens with zero attached hydrogens (tertiary/aromatic N) is 2. The maximum atomic E-state index is 13.7. The highest BCUT2D eigenvalue weighted by Gasteiger charge is 2.66.